The third-order valence-corrected chi connectivity index (χ3v) is 5.61. The van der Waals surface area contributed by atoms with Gasteiger partial charge < -0.3 is 5.73 Å². The number of hydrogen-bond acceptors (Lipinski definition) is 2. The molecule has 0 bridgehead atoms. The van der Waals surface area contributed by atoms with Crippen LogP contribution in [0.1, 0.15) is 32.6 Å². The van der Waals surface area contributed by atoms with E-state index in [1.165, 1.54) is 6.42 Å². The molecule has 2 rings (SSSR count). The molecule has 2 nitrogen and oxygen atoms in total. The van der Waals surface area contributed by atoms with Gasteiger partial charge in [-0.1, -0.05) is 31.4 Å². The maximum absolute atomic E-state index is 12.5. The molecule has 1 aliphatic carbocycles. The van der Waals surface area contributed by atoms with Gasteiger partial charge in [-0.25, -0.2) is 0 Å². The largest absolute Gasteiger partial charge is 0.399 e. The van der Waals surface area contributed by atoms with Crippen LogP contribution in [0.15, 0.2) is 23.1 Å². The second-order valence-electron chi connectivity index (χ2n) is 4.88. The summed E-state index contributed by atoms with van der Waals surface area (Å²) >= 11 is 6.10. The van der Waals surface area contributed by atoms with Crippen molar-refractivity contribution < 1.29 is 4.21 Å². The average molecular weight is 272 g/mol. The lowest BCUT2D eigenvalue weighted by atomic mass is 9.91. The second-order valence-corrected chi connectivity index (χ2v) is 6.99. The van der Waals surface area contributed by atoms with E-state index < -0.39 is 10.8 Å². The van der Waals surface area contributed by atoms with Gasteiger partial charge in [0, 0.05) is 10.9 Å². The third-order valence-electron chi connectivity index (χ3n) is 3.36. The van der Waals surface area contributed by atoms with Crippen molar-refractivity contribution in [2.45, 2.75) is 42.8 Å². The molecule has 4 heteroatoms. The summed E-state index contributed by atoms with van der Waals surface area (Å²) in [6.45, 7) is 2.23. The number of nitrogen functional groups attached to an aromatic ring is 1. The SMILES string of the molecule is CC1CCCC(S(=O)c2cc(N)ccc2Cl)C1. The molecular weight excluding hydrogens is 254 g/mol. The Hall–Kier alpha value is -0.540. The molecular formula is C13H18ClNOS. The summed E-state index contributed by atoms with van der Waals surface area (Å²) in [5, 5.41) is 0.800. The molecule has 0 radical (unpaired) electrons. The van der Waals surface area contributed by atoms with E-state index in [1.54, 1.807) is 18.2 Å². The predicted octanol–water partition coefficient (Wildman–Crippen LogP) is 3.61. The zero-order valence-electron chi connectivity index (χ0n) is 9.99. The lowest BCUT2D eigenvalue weighted by Gasteiger charge is -2.26. The van der Waals surface area contributed by atoms with Gasteiger partial charge in [-0.3, -0.25) is 4.21 Å². The lowest BCUT2D eigenvalue weighted by Crippen LogP contribution is -2.23. The Labute approximate surface area is 110 Å². The molecule has 0 aliphatic heterocycles. The Morgan fingerprint density at radius 3 is 2.88 bits per heavy atom. The number of hydrogen-bond donors (Lipinski definition) is 1. The molecule has 3 unspecified atom stereocenters. The highest BCUT2D eigenvalue weighted by Gasteiger charge is 2.26. The van der Waals surface area contributed by atoms with Crippen LogP contribution in [0.3, 0.4) is 0 Å². The summed E-state index contributed by atoms with van der Waals surface area (Å²) in [6.07, 6.45) is 4.47. The Kier molecular flexibility index (Phi) is 4.10. The molecule has 17 heavy (non-hydrogen) atoms. The molecule has 0 aromatic heterocycles. The minimum absolute atomic E-state index is 0.234. The van der Waals surface area contributed by atoms with E-state index in [4.69, 9.17) is 17.3 Å². The van der Waals surface area contributed by atoms with Crippen LogP contribution in [-0.2, 0) is 10.8 Å². The molecule has 0 spiro atoms. The molecule has 1 fully saturated rings. The van der Waals surface area contributed by atoms with Crippen LogP contribution in [-0.4, -0.2) is 9.46 Å². The molecule has 1 aliphatic rings. The number of rotatable bonds is 2. The average Bonchev–Trinajstić information content (AvgIpc) is 2.31. The first-order valence-corrected chi connectivity index (χ1v) is 7.62. The van der Waals surface area contributed by atoms with E-state index in [0.717, 1.165) is 19.3 Å². The van der Waals surface area contributed by atoms with Crippen molar-refractivity contribution in [2.75, 3.05) is 5.73 Å². The first-order chi connectivity index (χ1) is 8.08. The number of nitrogens with two attached hydrogens (primary N) is 1. The maximum Gasteiger partial charge on any atom is 0.0597 e. The first kappa shape index (κ1) is 12.9. The van der Waals surface area contributed by atoms with Crippen molar-refractivity contribution >= 4 is 28.1 Å². The predicted molar refractivity (Wildman–Crippen MR) is 73.7 cm³/mol. The minimum atomic E-state index is -1.02. The van der Waals surface area contributed by atoms with Gasteiger partial charge >= 0.3 is 0 Å². The summed E-state index contributed by atoms with van der Waals surface area (Å²) in [5.41, 5.74) is 6.36. The minimum Gasteiger partial charge on any atom is -0.399 e. The van der Waals surface area contributed by atoms with E-state index in [-0.39, 0.29) is 5.25 Å². The molecule has 0 heterocycles. The fourth-order valence-electron chi connectivity index (χ4n) is 2.43. The fraction of sp³-hybridized carbons (Fsp3) is 0.538. The molecule has 94 valence electrons. The molecule has 1 aromatic carbocycles. The topological polar surface area (TPSA) is 43.1 Å². The van der Waals surface area contributed by atoms with Gasteiger partial charge in [0.25, 0.3) is 0 Å². The zero-order chi connectivity index (χ0) is 12.4. The number of benzene rings is 1. The van der Waals surface area contributed by atoms with Gasteiger partial charge in [0.2, 0.25) is 0 Å². The van der Waals surface area contributed by atoms with Gasteiger partial charge in [-0.2, -0.15) is 0 Å². The highest BCUT2D eigenvalue weighted by atomic mass is 35.5. The van der Waals surface area contributed by atoms with Crippen molar-refractivity contribution in [3.63, 3.8) is 0 Å². The molecule has 1 saturated carbocycles. The van der Waals surface area contributed by atoms with Gasteiger partial charge in [0.15, 0.2) is 0 Å². The summed E-state index contributed by atoms with van der Waals surface area (Å²) in [5.74, 6) is 0.664. The van der Waals surface area contributed by atoms with Crippen molar-refractivity contribution in [1.29, 1.82) is 0 Å². The van der Waals surface area contributed by atoms with Crippen LogP contribution in [0.2, 0.25) is 5.02 Å². The number of anilines is 1. The van der Waals surface area contributed by atoms with Crippen molar-refractivity contribution in [2.24, 2.45) is 5.92 Å². The Bertz CT molecular complexity index is 435. The van der Waals surface area contributed by atoms with E-state index >= 15 is 0 Å². The van der Waals surface area contributed by atoms with Crippen LogP contribution in [0.4, 0.5) is 5.69 Å². The van der Waals surface area contributed by atoms with Crippen molar-refractivity contribution in [3.05, 3.63) is 23.2 Å². The quantitative estimate of drug-likeness (QED) is 0.835. The zero-order valence-corrected chi connectivity index (χ0v) is 11.6. The highest BCUT2D eigenvalue weighted by molar-refractivity contribution is 7.85. The van der Waals surface area contributed by atoms with Gasteiger partial charge in [0.1, 0.15) is 0 Å². The van der Waals surface area contributed by atoms with Gasteiger partial charge in [-0.15, -0.1) is 0 Å². The monoisotopic (exact) mass is 271 g/mol. The van der Waals surface area contributed by atoms with Crippen LogP contribution >= 0.6 is 11.6 Å². The summed E-state index contributed by atoms with van der Waals surface area (Å²) in [7, 11) is -1.02. The van der Waals surface area contributed by atoms with Crippen LogP contribution in [0.25, 0.3) is 0 Å². The van der Waals surface area contributed by atoms with Crippen LogP contribution in [0, 0.1) is 5.92 Å². The maximum atomic E-state index is 12.5. The van der Waals surface area contributed by atoms with E-state index in [0.29, 0.717) is 21.5 Å². The molecule has 3 atom stereocenters. The Morgan fingerprint density at radius 1 is 1.41 bits per heavy atom. The first-order valence-electron chi connectivity index (χ1n) is 6.03. The van der Waals surface area contributed by atoms with Gasteiger partial charge in [0.05, 0.1) is 20.7 Å². The summed E-state index contributed by atoms with van der Waals surface area (Å²) in [6, 6.07) is 5.22. The van der Waals surface area contributed by atoms with E-state index in [2.05, 4.69) is 6.92 Å². The summed E-state index contributed by atoms with van der Waals surface area (Å²) < 4.78 is 12.5. The molecule has 0 amide bonds. The van der Waals surface area contributed by atoms with Crippen molar-refractivity contribution in [1.82, 2.24) is 0 Å². The molecule has 2 N–H and O–H groups in total. The standard InChI is InChI=1S/C13H18ClNOS/c1-9-3-2-4-11(7-9)17(16)13-8-10(15)5-6-12(13)14/h5-6,8-9,11H,2-4,7,15H2,1H3. The summed E-state index contributed by atoms with van der Waals surface area (Å²) in [4.78, 5) is 0.700. The smallest absolute Gasteiger partial charge is 0.0597 e. The second kappa shape index (κ2) is 5.40. The van der Waals surface area contributed by atoms with Crippen LogP contribution in [0.5, 0.6) is 0 Å². The van der Waals surface area contributed by atoms with Crippen LogP contribution < -0.4 is 5.73 Å². The van der Waals surface area contributed by atoms with Gasteiger partial charge in [-0.05, 0) is 37.0 Å². The highest BCUT2D eigenvalue weighted by Crippen LogP contribution is 2.32. The lowest BCUT2D eigenvalue weighted by molar-refractivity contribution is 0.389. The molecule has 1 aromatic rings. The Morgan fingerprint density at radius 2 is 2.18 bits per heavy atom. The fourth-order valence-corrected chi connectivity index (χ4v) is 4.53. The Balaban J connectivity index is 2.21. The van der Waals surface area contributed by atoms with E-state index in [9.17, 15) is 4.21 Å². The molecule has 0 saturated heterocycles. The number of halogens is 1. The van der Waals surface area contributed by atoms with Crippen molar-refractivity contribution in [3.8, 4) is 0 Å². The normalized spacial score (nSPS) is 26.7. The third kappa shape index (κ3) is 3.02. The van der Waals surface area contributed by atoms with E-state index in [1.807, 2.05) is 0 Å².